The van der Waals surface area contributed by atoms with E-state index in [1.165, 1.54) is 18.9 Å². The van der Waals surface area contributed by atoms with Gasteiger partial charge in [0, 0.05) is 35.1 Å². The summed E-state index contributed by atoms with van der Waals surface area (Å²) >= 11 is 3.12. The molecule has 0 unspecified atom stereocenters. The van der Waals surface area contributed by atoms with E-state index in [1.54, 1.807) is 29.0 Å². The van der Waals surface area contributed by atoms with E-state index in [4.69, 9.17) is 9.47 Å². The second-order valence-electron chi connectivity index (χ2n) is 17.3. The van der Waals surface area contributed by atoms with Gasteiger partial charge in [-0.15, -0.1) is 22.7 Å². The molecule has 65 heavy (non-hydrogen) atoms. The third-order valence-electron chi connectivity index (χ3n) is 11.9. The van der Waals surface area contributed by atoms with Gasteiger partial charge in [-0.3, -0.25) is 19.6 Å². The molecule has 338 valence electrons. The molecule has 14 nitrogen and oxygen atoms in total. The monoisotopic (exact) mass is 921 g/mol. The van der Waals surface area contributed by atoms with Crippen LogP contribution in [0.25, 0.3) is 20.4 Å². The number of rotatable bonds is 12. The number of carboxylic acid groups (broad SMARTS) is 1. The summed E-state index contributed by atoms with van der Waals surface area (Å²) in [5.74, 6) is 1.36. The molecule has 6 aromatic rings. The smallest absolute Gasteiger partial charge is 0.306 e. The van der Waals surface area contributed by atoms with Crippen LogP contribution in [-0.2, 0) is 48.4 Å². The quantitative estimate of drug-likeness (QED) is 0.107. The Labute approximate surface area is 382 Å². The van der Waals surface area contributed by atoms with Crippen LogP contribution < -0.4 is 20.1 Å². The first kappa shape index (κ1) is 44.1. The summed E-state index contributed by atoms with van der Waals surface area (Å²) < 4.78 is 37.7. The average Bonchev–Trinajstić information content (AvgIpc) is 4.07. The van der Waals surface area contributed by atoms with E-state index < -0.39 is 18.9 Å². The predicted octanol–water partition coefficient (Wildman–Crippen LogP) is 9.33. The summed E-state index contributed by atoms with van der Waals surface area (Å²) in [6.45, 7) is 8.76. The number of ether oxygens (including phenoxy) is 2. The summed E-state index contributed by atoms with van der Waals surface area (Å²) in [6.07, 6.45) is 8.07. The number of aryl methyl sites for hydroxylation is 2. The van der Waals surface area contributed by atoms with Crippen LogP contribution in [-0.4, -0.2) is 86.5 Å². The summed E-state index contributed by atoms with van der Waals surface area (Å²) in [6, 6.07) is 8.16. The molecule has 2 aliphatic carbocycles. The standard InChI is InChI=1S/C25H27F2N5O2S.C22H22N4O3S/c1-13(2)34-19-7-16-10-28-9-15(16)6-18(19)31-23-22-17-5-4-14(25(33)32(3)11-21(26)27)8-20(17)35-24(22)30-12-29-23;1-11(2)29-17-6-14-9-23-8-13(14)5-16(17)26-20-19-15-4-3-12(22(27)28)7-18(15)30-21(19)25-10-24-20/h6-7,9,12-14,21H,4-5,8,10-11H2,1-3H3,(H,29,30,31);5-6,8,10-12H,3-4,7,9H2,1-2H3,(H,27,28)(H,24,25,26)/t14-;12-/m00/s1. The van der Waals surface area contributed by atoms with Gasteiger partial charge in [0.15, 0.2) is 0 Å². The molecule has 0 saturated carbocycles. The number of aliphatic imine (C=N–C) groups is 2. The van der Waals surface area contributed by atoms with Crippen molar-refractivity contribution < 1.29 is 33.0 Å². The molecule has 0 radical (unpaired) electrons. The Hall–Kier alpha value is -6.14. The van der Waals surface area contributed by atoms with Crippen molar-refractivity contribution >= 4 is 90.4 Å². The molecule has 2 aromatic carbocycles. The van der Waals surface area contributed by atoms with Crippen molar-refractivity contribution in [3.63, 3.8) is 0 Å². The highest BCUT2D eigenvalue weighted by molar-refractivity contribution is 7.19. The number of aromatic nitrogens is 4. The van der Waals surface area contributed by atoms with Gasteiger partial charge in [-0.1, -0.05) is 0 Å². The highest BCUT2D eigenvalue weighted by Crippen LogP contribution is 2.44. The zero-order chi connectivity index (χ0) is 45.5. The van der Waals surface area contributed by atoms with Gasteiger partial charge in [0.05, 0.1) is 59.9 Å². The molecule has 2 atom stereocenters. The van der Waals surface area contributed by atoms with Crippen LogP contribution in [0.15, 0.2) is 46.9 Å². The van der Waals surface area contributed by atoms with Crippen molar-refractivity contribution in [3.8, 4) is 11.5 Å². The van der Waals surface area contributed by atoms with Gasteiger partial charge >= 0.3 is 5.97 Å². The SMILES string of the molecule is CC(C)Oc1cc2c(cc1Nc1ncnc3sc4c(c13)CC[C@H](C(=O)N(C)CC(F)F)C4)C=NC2.CC(C)Oc1cc2c(cc1Nc1ncnc3sc4c(c13)CC[C@H](C(=O)O)C4)C=NC2. The van der Waals surface area contributed by atoms with Crippen LogP contribution in [0.4, 0.5) is 31.8 Å². The molecule has 18 heteroatoms. The van der Waals surface area contributed by atoms with E-state index >= 15 is 0 Å². The van der Waals surface area contributed by atoms with Crippen LogP contribution in [0.5, 0.6) is 11.5 Å². The van der Waals surface area contributed by atoms with Gasteiger partial charge < -0.3 is 30.1 Å². The van der Waals surface area contributed by atoms with E-state index in [9.17, 15) is 23.5 Å². The first-order valence-electron chi connectivity index (χ1n) is 21.8. The molecule has 4 aromatic heterocycles. The minimum absolute atomic E-state index is 0.00733. The number of nitrogens with one attached hydrogen (secondary N) is 2. The number of hydrogen-bond acceptors (Lipinski definition) is 14. The number of hydrogen-bond donors (Lipinski definition) is 3. The molecule has 1 amide bonds. The number of carbonyl (C=O) groups excluding carboxylic acids is 1. The van der Waals surface area contributed by atoms with Gasteiger partial charge in [0.1, 0.15) is 45.5 Å². The molecule has 0 fully saturated rings. The highest BCUT2D eigenvalue weighted by atomic mass is 32.1. The minimum Gasteiger partial charge on any atom is -0.489 e. The highest BCUT2D eigenvalue weighted by Gasteiger charge is 2.32. The number of fused-ring (bicyclic) bond motifs is 8. The maximum atomic E-state index is 12.8. The summed E-state index contributed by atoms with van der Waals surface area (Å²) in [5, 5.41) is 18.3. The Morgan fingerprint density at radius 1 is 0.754 bits per heavy atom. The number of nitrogens with zero attached hydrogens (tertiary/aromatic N) is 7. The van der Waals surface area contributed by atoms with E-state index in [1.807, 2.05) is 58.3 Å². The third kappa shape index (κ3) is 9.23. The van der Waals surface area contributed by atoms with Gasteiger partial charge in [0.25, 0.3) is 6.43 Å². The molecule has 0 saturated heterocycles. The van der Waals surface area contributed by atoms with Crippen LogP contribution in [0.3, 0.4) is 0 Å². The molecule has 10 rings (SSSR count). The first-order chi connectivity index (χ1) is 31.3. The van der Waals surface area contributed by atoms with Crippen molar-refractivity contribution in [3.05, 3.63) is 80.1 Å². The zero-order valence-electron chi connectivity index (χ0n) is 36.7. The van der Waals surface area contributed by atoms with Crippen LogP contribution in [0, 0.1) is 11.8 Å². The third-order valence-corrected chi connectivity index (χ3v) is 14.2. The summed E-state index contributed by atoms with van der Waals surface area (Å²) in [5.41, 5.74) is 8.35. The Kier molecular flexibility index (Phi) is 12.5. The lowest BCUT2D eigenvalue weighted by Gasteiger charge is -2.26. The van der Waals surface area contributed by atoms with Crippen LogP contribution in [0.2, 0.25) is 0 Å². The normalized spacial score (nSPS) is 16.9. The predicted molar refractivity (Wildman–Crippen MR) is 251 cm³/mol. The van der Waals surface area contributed by atoms with Crippen molar-refractivity contribution in [1.82, 2.24) is 24.8 Å². The van der Waals surface area contributed by atoms with Crippen molar-refractivity contribution in [1.29, 1.82) is 0 Å². The maximum Gasteiger partial charge on any atom is 0.306 e. The largest absolute Gasteiger partial charge is 0.489 e. The average molecular weight is 922 g/mol. The number of thiophene rings is 2. The Morgan fingerprint density at radius 2 is 1.23 bits per heavy atom. The fourth-order valence-electron chi connectivity index (χ4n) is 8.87. The summed E-state index contributed by atoms with van der Waals surface area (Å²) in [4.78, 5) is 55.9. The van der Waals surface area contributed by atoms with Crippen LogP contribution in [0.1, 0.15) is 83.7 Å². The number of anilines is 4. The maximum absolute atomic E-state index is 12.8. The van der Waals surface area contributed by atoms with E-state index in [2.05, 4.69) is 46.6 Å². The van der Waals surface area contributed by atoms with Gasteiger partial charge in [-0.2, -0.15) is 0 Å². The Bertz CT molecular complexity index is 2880. The van der Waals surface area contributed by atoms with Gasteiger partial charge in [-0.05, 0) is 124 Å². The van der Waals surface area contributed by atoms with E-state index in [0.717, 1.165) is 98.0 Å². The second-order valence-corrected chi connectivity index (χ2v) is 19.4. The number of amides is 1. The number of carboxylic acids is 1. The lowest BCUT2D eigenvalue weighted by molar-refractivity contribution is -0.142. The first-order valence-corrected chi connectivity index (χ1v) is 23.4. The summed E-state index contributed by atoms with van der Waals surface area (Å²) in [7, 11) is 1.45. The molecule has 2 aliphatic heterocycles. The van der Waals surface area contributed by atoms with Crippen molar-refractivity contribution in [2.24, 2.45) is 21.8 Å². The number of carbonyl (C=O) groups is 2. The zero-order valence-corrected chi connectivity index (χ0v) is 38.3. The van der Waals surface area contributed by atoms with E-state index in [0.29, 0.717) is 51.0 Å². The molecule has 0 spiro atoms. The molecular weight excluding hydrogens is 873 g/mol. The number of aliphatic carboxylic acids is 1. The minimum atomic E-state index is -2.54. The van der Waals surface area contributed by atoms with Crippen molar-refractivity contribution in [2.75, 3.05) is 24.2 Å². The van der Waals surface area contributed by atoms with Crippen molar-refractivity contribution in [2.45, 2.75) is 97.9 Å². The van der Waals surface area contributed by atoms with Gasteiger partial charge in [-0.25, -0.2) is 28.7 Å². The fourth-order valence-corrected chi connectivity index (χ4v) is 11.4. The molecule has 0 bridgehead atoms. The molecule has 4 aliphatic rings. The van der Waals surface area contributed by atoms with E-state index in [-0.39, 0.29) is 30.0 Å². The number of benzene rings is 2. The topological polar surface area (TPSA) is 176 Å². The lowest BCUT2D eigenvalue weighted by Crippen LogP contribution is -2.38. The second kappa shape index (κ2) is 18.4. The molecule has 3 N–H and O–H groups in total. The van der Waals surface area contributed by atoms with Gasteiger partial charge in [0.2, 0.25) is 5.91 Å². The lowest BCUT2D eigenvalue weighted by atomic mass is 9.87. The Morgan fingerprint density at radius 3 is 1.69 bits per heavy atom. The molecular formula is C47H49F2N9O5S2. The Balaban J connectivity index is 0.000000166. The number of alkyl halides is 2. The number of halogens is 2. The van der Waals surface area contributed by atoms with Crippen LogP contribution >= 0.6 is 22.7 Å². The fraction of sp³-hybridized carbons (Fsp3) is 0.404. The molecule has 6 heterocycles.